The van der Waals surface area contributed by atoms with Gasteiger partial charge in [0, 0.05) is 30.3 Å². The van der Waals surface area contributed by atoms with Crippen molar-refractivity contribution in [1.29, 1.82) is 0 Å². The van der Waals surface area contributed by atoms with E-state index in [0.717, 1.165) is 30.9 Å². The van der Waals surface area contributed by atoms with Gasteiger partial charge in [0.05, 0.1) is 0 Å². The van der Waals surface area contributed by atoms with Crippen LogP contribution in [0.5, 0.6) is 5.75 Å². The SMILES string of the molecule is CCN1Cc2c(N)cccc2C(c2ccccc2O)C1. The summed E-state index contributed by atoms with van der Waals surface area (Å²) in [4.78, 5) is 2.37. The molecule has 1 aliphatic rings. The van der Waals surface area contributed by atoms with Gasteiger partial charge >= 0.3 is 0 Å². The van der Waals surface area contributed by atoms with Crippen LogP contribution in [0, 0.1) is 0 Å². The lowest BCUT2D eigenvalue weighted by molar-refractivity contribution is 0.252. The van der Waals surface area contributed by atoms with E-state index in [1.165, 1.54) is 11.1 Å². The van der Waals surface area contributed by atoms with Gasteiger partial charge in [0.15, 0.2) is 0 Å². The van der Waals surface area contributed by atoms with E-state index in [1.807, 2.05) is 30.3 Å². The van der Waals surface area contributed by atoms with Crippen LogP contribution in [-0.4, -0.2) is 23.1 Å². The maximum Gasteiger partial charge on any atom is 0.119 e. The molecule has 3 N–H and O–H groups in total. The number of hydrogen-bond donors (Lipinski definition) is 2. The third-order valence-corrected chi connectivity index (χ3v) is 4.21. The molecule has 0 spiro atoms. The zero-order valence-corrected chi connectivity index (χ0v) is 11.7. The molecule has 20 heavy (non-hydrogen) atoms. The van der Waals surface area contributed by atoms with Crippen LogP contribution in [0.25, 0.3) is 0 Å². The zero-order valence-electron chi connectivity index (χ0n) is 11.7. The average Bonchev–Trinajstić information content (AvgIpc) is 2.47. The first-order valence-corrected chi connectivity index (χ1v) is 7.08. The molecule has 0 aromatic heterocycles. The summed E-state index contributed by atoms with van der Waals surface area (Å²) in [6.07, 6.45) is 0. The molecule has 0 saturated heterocycles. The minimum Gasteiger partial charge on any atom is -0.508 e. The lowest BCUT2D eigenvalue weighted by Crippen LogP contribution is -2.34. The van der Waals surface area contributed by atoms with Crippen LogP contribution in [0.4, 0.5) is 5.69 Å². The molecule has 0 amide bonds. The second-order valence-electron chi connectivity index (χ2n) is 5.35. The van der Waals surface area contributed by atoms with Gasteiger partial charge in [-0.3, -0.25) is 4.90 Å². The van der Waals surface area contributed by atoms with Crippen molar-refractivity contribution in [1.82, 2.24) is 4.90 Å². The van der Waals surface area contributed by atoms with Gasteiger partial charge in [-0.1, -0.05) is 37.3 Å². The molecule has 0 aliphatic carbocycles. The van der Waals surface area contributed by atoms with Crippen LogP contribution in [0.3, 0.4) is 0 Å². The van der Waals surface area contributed by atoms with Crippen molar-refractivity contribution in [3.63, 3.8) is 0 Å². The zero-order chi connectivity index (χ0) is 14.1. The molecule has 1 atom stereocenters. The lowest BCUT2D eigenvalue weighted by Gasteiger charge is -2.35. The Balaban J connectivity index is 2.12. The number of nitrogens with zero attached hydrogens (tertiary/aromatic N) is 1. The molecule has 2 aromatic carbocycles. The van der Waals surface area contributed by atoms with Crippen LogP contribution in [0.15, 0.2) is 42.5 Å². The van der Waals surface area contributed by atoms with E-state index in [2.05, 4.69) is 17.9 Å². The van der Waals surface area contributed by atoms with Gasteiger partial charge in [-0.2, -0.15) is 0 Å². The van der Waals surface area contributed by atoms with Gasteiger partial charge < -0.3 is 10.8 Å². The van der Waals surface area contributed by atoms with Crippen molar-refractivity contribution in [3.05, 3.63) is 59.2 Å². The van der Waals surface area contributed by atoms with Crippen molar-refractivity contribution in [3.8, 4) is 5.75 Å². The van der Waals surface area contributed by atoms with Crippen LogP contribution >= 0.6 is 0 Å². The lowest BCUT2D eigenvalue weighted by atomic mass is 9.83. The number of aromatic hydroxyl groups is 1. The summed E-state index contributed by atoms with van der Waals surface area (Å²) in [7, 11) is 0. The minimum atomic E-state index is 0.184. The fraction of sp³-hybridized carbons (Fsp3) is 0.294. The number of fused-ring (bicyclic) bond motifs is 1. The molecule has 3 heteroatoms. The number of nitrogens with two attached hydrogens (primary N) is 1. The summed E-state index contributed by atoms with van der Waals surface area (Å²) >= 11 is 0. The van der Waals surface area contributed by atoms with Crippen molar-refractivity contribution in [2.75, 3.05) is 18.8 Å². The first-order chi connectivity index (χ1) is 9.70. The van der Waals surface area contributed by atoms with Crippen molar-refractivity contribution < 1.29 is 5.11 Å². The number of para-hydroxylation sites is 1. The van der Waals surface area contributed by atoms with Gasteiger partial charge in [0.25, 0.3) is 0 Å². The maximum atomic E-state index is 10.2. The minimum absolute atomic E-state index is 0.184. The van der Waals surface area contributed by atoms with Gasteiger partial charge in [-0.15, -0.1) is 0 Å². The first-order valence-electron chi connectivity index (χ1n) is 7.08. The molecule has 3 nitrogen and oxygen atoms in total. The Kier molecular flexibility index (Phi) is 3.36. The van der Waals surface area contributed by atoms with Gasteiger partial charge in [-0.25, -0.2) is 0 Å². The highest BCUT2D eigenvalue weighted by molar-refractivity contribution is 5.56. The Labute approximate surface area is 119 Å². The van der Waals surface area contributed by atoms with E-state index in [0.29, 0.717) is 5.75 Å². The highest BCUT2D eigenvalue weighted by Crippen LogP contribution is 2.38. The van der Waals surface area contributed by atoms with E-state index in [1.54, 1.807) is 6.07 Å². The van der Waals surface area contributed by atoms with Crippen LogP contribution < -0.4 is 5.73 Å². The van der Waals surface area contributed by atoms with Crippen LogP contribution in [-0.2, 0) is 6.54 Å². The Morgan fingerprint density at radius 2 is 1.90 bits per heavy atom. The Bertz CT molecular complexity index is 624. The van der Waals surface area contributed by atoms with Gasteiger partial charge in [0.1, 0.15) is 5.75 Å². The largest absolute Gasteiger partial charge is 0.508 e. The predicted molar refractivity (Wildman–Crippen MR) is 81.8 cm³/mol. The van der Waals surface area contributed by atoms with Gasteiger partial charge in [0.2, 0.25) is 0 Å². The average molecular weight is 268 g/mol. The summed E-state index contributed by atoms with van der Waals surface area (Å²) in [5.41, 5.74) is 10.4. The number of likely N-dealkylation sites (N-methyl/N-ethyl adjacent to an activating group) is 1. The summed E-state index contributed by atoms with van der Waals surface area (Å²) in [5, 5.41) is 10.2. The Morgan fingerprint density at radius 3 is 2.65 bits per heavy atom. The number of phenols is 1. The molecule has 0 fully saturated rings. The summed E-state index contributed by atoms with van der Waals surface area (Å²) in [5.74, 6) is 0.548. The molecule has 1 unspecified atom stereocenters. The number of benzene rings is 2. The van der Waals surface area contributed by atoms with Crippen LogP contribution in [0.1, 0.15) is 29.5 Å². The standard InChI is InChI=1S/C17H20N2O/c1-2-19-10-14(13-6-3-4-9-17(13)20)12-7-5-8-16(18)15(12)11-19/h3-9,14,20H,2,10-11,18H2,1H3. The third-order valence-electron chi connectivity index (χ3n) is 4.21. The van der Waals surface area contributed by atoms with Crippen LogP contribution in [0.2, 0.25) is 0 Å². The second kappa shape index (κ2) is 5.17. The molecule has 0 saturated carbocycles. The number of anilines is 1. The van der Waals surface area contributed by atoms with Crippen molar-refractivity contribution >= 4 is 5.69 Å². The molecular weight excluding hydrogens is 248 g/mol. The number of hydrogen-bond acceptors (Lipinski definition) is 3. The number of nitrogen functional groups attached to an aromatic ring is 1. The first kappa shape index (κ1) is 13.0. The third kappa shape index (κ3) is 2.14. The topological polar surface area (TPSA) is 49.5 Å². The molecular formula is C17H20N2O. The molecule has 2 aromatic rings. The smallest absolute Gasteiger partial charge is 0.119 e. The summed E-state index contributed by atoms with van der Waals surface area (Å²) in [6.45, 7) is 4.96. The van der Waals surface area contributed by atoms with E-state index >= 15 is 0 Å². The summed E-state index contributed by atoms with van der Waals surface area (Å²) < 4.78 is 0. The highest BCUT2D eigenvalue weighted by atomic mass is 16.3. The number of rotatable bonds is 2. The molecule has 3 rings (SSSR count). The molecule has 0 radical (unpaired) electrons. The fourth-order valence-electron chi connectivity index (χ4n) is 3.07. The normalized spacial score (nSPS) is 18.8. The van der Waals surface area contributed by atoms with E-state index in [4.69, 9.17) is 5.73 Å². The molecule has 104 valence electrons. The Hall–Kier alpha value is -2.00. The van der Waals surface area contributed by atoms with Crippen molar-refractivity contribution in [2.45, 2.75) is 19.4 Å². The van der Waals surface area contributed by atoms with E-state index in [-0.39, 0.29) is 5.92 Å². The molecule has 0 bridgehead atoms. The molecule has 1 heterocycles. The maximum absolute atomic E-state index is 10.2. The van der Waals surface area contributed by atoms with Gasteiger partial charge in [-0.05, 0) is 29.8 Å². The van der Waals surface area contributed by atoms with E-state index < -0.39 is 0 Å². The number of phenolic OH excluding ortho intramolecular Hbond substituents is 1. The highest BCUT2D eigenvalue weighted by Gasteiger charge is 2.28. The monoisotopic (exact) mass is 268 g/mol. The Morgan fingerprint density at radius 1 is 1.15 bits per heavy atom. The quantitative estimate of drug-likeness (QED) is 0.823. The fourth-order valence-corrected chi connectivity index (χ4v) is 3.07. The summed E-state index contributed by atoms with van der Waals surface area (Å²) in [6, 6.07) is 13.7. The van der Waals surface area contributed by atoms with E-state index in [9.17, 15) is 5.11 Å². The predicted octanol–water partition coefficient (Wildman–Crippen LogP) is 2.94. The molecule has 1 aliphatic heterocycles. The second-order valence-corrected chi connectivity index (χ2v) is 5.35. The van der Waals surface area contributed by atoms with Crippen molar-refractivity contribution in [2.24, 2.45) is 0 Å².